The van der Waals surface area contributed by atoms with Gasteiger partial charge < -0.3 is 24.4 Å². The van der Waals surface area contributed by atoms with Crippen LogP contribution >= 0.6 is 0 Å². The molecule has 202 valence electrons. The second kappa shape index (κ2) is 12.8. The van der Waals surface area contributed by atoms with Crippen molar-refractivity contribution in [3.8, 4) is 17.2 Å². The minimum absolute atomic E-state index is 0.226. The van der Waals surface area contributed by atoms with Crippen LogP contribution in [0, 0.1) is 10.1 Å². The van der Waals surface area contributed by atoms with Crippen molar-refractivity contribution in [2.24, 2.45) is 0 Å². The number of nitrogens with zero attached hydrogens (tertiary/aromatic N) is 3. The molecular weight excluding hydrogens is 514 g/mol. The smallest absolute Gasteiger partial charge is 0.414 e. The first-order valence-corrected chi connectivity index (χ1v) is 12.1. The standard InChI is InChI=1S/C20H25N3O7S.C2H2O4/c1-28-17-9-8-15(19(29-2)20(17)30-3)14-21-10-12-22(13-11-21)31(26,27)18-7-5-4-6-16(18)23(24)25;3-1(4)2(5)6/h4-9H,10-14H2,1-3H3;(H,3,4)(H,5,6). The largest absolute Gasteiger partial charge is 0.493 e. The molecule has 1 aliphatic rings. The molecule has 1 heterocycles. The third-order valence-electron chi connectivity index (χ3n) is 5.37. The molecule has 0 amide bonds. The quantitative estimate of drug-likeness (QED) is 0.277. The number of ether oxygens (including phenoxy) is 3. The number of nitro groups is 1. The van der Waals surface area contributed by atoms with Crippen LogP contribution in [-0.2, 0) is 26.2 Å². The van der Waals surface area contributed by atoms with Crippen LogP contribution in [0.15, 0.2) is 41.3 Å². The van der Waals surface area contributed by atoms with E-state index in [4.69, 9.17) is 34.0 Å². The number of sulfonamides is 1. The molecule has 0 unspecified atom stereocenters. The van der Waals surface area contributed by atoms with E-state index in [0.29, 0.717) is 36.9 Å². The summed E-state index contributed by atoms with van der Waals surface area (Å²) in [7, 11) is 0.678. The van der Waals surface area contributed by atoms with E-state index in [-0.39, 0.29) is 18.0 Å². The zero-order valence-corrected chi connectivity index (χ0v) is 21.1. The van der Waals surface area contributed by atoms with E-state index < -0.39 is 32.6 Å². The van der Waals surface area contributed by atoms with Crippen molar-refractivity contribution < 1.29 is 47.4 Å². The van der Waals surface area contributed by atoms with Crippen molar-refractivity contribution in [2.45, 2.75) is 11.4 Å². The summed E-state index contributed by atoms with van der Waals surface area (Å²) >= 11 is 0. The highest BCUT2D eigenvalue weighted by Gasteiger charge is 2.33. The zero-order chi connectivity index (χ0) is 27.8. The molecule has 0 saturated carbocycles. The summed E-state index contributed by atoms with van der Waals surface area (Å²) in [4.78, 5) is 30.6. The lowest BCUT2D eigenvalue weighted by Crippen LogP contribution is -2.48. The lowest BCUT2D eigenvalue weighted by atomic mass is 10.1. The van der Waals surface area contributed by atoms with Crippen LogP contribution in [0.3, 0.4) is 0 Å². The second-order valence-electron chi connectivity index (χ2n) is 7.51. The molecule has 14 nitrogen and oxygen atoms in total. The van der Waals surface area contributed by atoms with Crippen LogP contribution in [0.5, 0.6) is 17.2 Å². The first kappa shape index (κ1) is 29.3. The Morgan fingerprint density at radius 3 is 1.97 bits per heavy atom. The van der Waals surface area contributed by atoms with Gasteiger partial charge in [-0.25, -0.2) is 18.0 Å². The van der Waals surface area contributed by atoms with E-state index in [1.165, 1.54) is 35.7 Å². The van der Waals surface area contributed by atoms with Gasteiger partial charge in [-0.2, -0.15) is 4.31 Å². The Hall–Kier alpha value is -3.95. The molecule has 37 heavy (non-hydrogen) atoms. The number of rotatable bonds is 8. The fourth-order valence-corrected chi connectivity index (χ4v) is 5.20. The van der Waals surface area contributed by atoms with Gasteiger partial charge in [-0.3, -0.25) is 15.0 Å². The summed E-state index contributed by atoms with van der Waals surface area (Å²) < 4.78 is 43.5. The average molecular weight is 542 g/mol. The second-order valence-corrected chi connectivity index (χ2v) is 9.42. The lowest BCUT2D eigenvalue weighted by Gasteiger charge is -2.34. The predicted octanol–water partition coefficient (Wildman–Crippen LogP) is 1.28. The summed E-state index contributed by atoms with van der Waals surface area (Å²) in [5.41, 5.74) is 0.468. The number of methoxy groups -OCH3 is 3. The van der Waals surface area contributed by atoms with Gasteiger partial charge >= 0.3 is 11.9 Å². The fourth-order valence-electron chi connectivity index (χ4n) is 3.62. The van der Waals surface area contributed by atoms with E-state index in [2.05, 4.69) is 4.90 Å². The number of hydrogen-bond acceptors (Lipinski definition) is 10. The van der Waals surface area contributed by atoms with Crippen LogP contribution in [0.1, 0.15) is 5.56 Å². The topological polar surface area (TPSA) is 186 Å². The maximum atomic E-state index is 13.0. The highest BCUT2D eigenvalue weighted by molar-refractivity contribution is 7.89. The molecule has 0 bridgehead atoms. The monoisotopic (exact) mass is 541 g/mol. The number of hydrogen-bond donors (Lipinski definition) is 2. The Bertz CT molecular complexity index is 1230. The summed E-state index contributed by atoms with van der Waals surface area (Å²) in [6.45, 7) is 1.92. The van der Waals surface area contributed by atoms with E-state index >= 15 is 0 Å². The van der Waals surface area contributed by atoms with E-state index in [0.717, 1.165) is 5.56 Å². The number of benzene rings is 2. The number of aliphatic carboxylic acids is 2. The number of nitro benzene ring substituents is 1. The van der Waals surface area contributed by atoms with Gasteiger partial charge in [-0.1, -0.05) is 18.2 Å². The summed E-state index contributed by atoms with van der Waals surface area (Å²) in [6.07, 6.45) is 0. The Morgan fingerprint density at radius 1 is 0.919 bits per heavy atom. The molecule has 1 saturated heterocycles. The number of carboxylic acids is 2. The van der Waals surface area contributed by atoms with E-state index in [9.17, 15) is 18.5 Å². The van der Waals surface area contributed by atoms with Crippen LogP contribution in [0.25, 0.3) is 0 Å². The highest BCUT2D eigenvalue weighted by Crippen LogP contribution is 2.40. The molecule has 3 rings (SSSR count). The first-order valence-electron chi connectivity index (χ1n) is 10.7. The number of carbonyl (C=O) groups is 2. The van der Waals surface area contributed by atoms with Crippen molar-refractivity contribution in [3.63, 3.8) is 0 Å². The Balaban J connectivity index is 0.000000717. The highest BCUT2D eigenvalue weighted by atomic mass is 32.2. The maximum Gasteiger partial charge on any atom is 0.414 e. The van der Waals surface area contributed by atoms with E-state index in [1.54, 1.807) is 20.3 Å². The Labute approximate surface area is 212 Å². The molecule has 15 heteroatoms. The molecule has 2 aromatic carbocycles. The van der Waals surface area contributed by atoms with Gasteiger partial charge in [0.25, 0.3) is 5.69 Å². The number of carboxylic acid groups (broad SMARTS) is 2. The molecule has 0 aliphatic carbocycles. The molecule has 1 aliphatic heterocycles. The minimum atomic E-state index is -3.96. The molecule has 1 fully saturated rings. The number of para-hydroxylation sites is 1. The maximum absolute atomic E-state index is 13.0. The third-order valence-corrected chi connectivity index (χ3v) is 7.32. The SMILES string of the molecule is COc1ccc(CN2CCN(S(=O)(=O)c3ccccc3[N+](=O)[O-])CC2)c(OC)c1OC.O=C(O)C(=O)O. The van der Waals surface area contributed by atoms with Crippen molar-refractivity contribution in [2.75, 3.05) is 47.5 Å². The van der Waals surface area contributed by atoms with Gasteiger partial charge in [-0.05, 0) is 12.1 Å². The van der Waals surface area contributed by atoms with Gasteiger partial charge in [0.05, 0.1) is 26.3 Å². The number of piperazine rings is 1. The summed E-state index contributed by atoms with van der Waals surface area (Å²) in [5.74, 6) is -2.02. The molecule has 2 N–H and O–H groups in total. The average Bonchev–Trinajstić information content (AvgIpc) is 2.88. The summed E-state index contributed by atoms with van der Waals surface area (Å²) in [6, 6.07) is 9.09. The van der Waals surface area contributed by atoms with Crippen LogP contribution < -0.4 is 14.2 Å². The Kier molecular flexibility index (Phi) is 10.2. The Morgan fingerprint density at radius 2 is 1.49 bits per heavy atom. The minimum Gasteiger partial charge on any atom is -0.493 e. The summed E-state index contributed by atoms with van der Waals surface area (Å²) in [5, 5.41) is 26.0. The van der Waals surface area contributed by atoms with E-state index in [1.807, 2.05) is 6.07 Å². The van der Waals surface area contributed by atoms with Crippen LogP contribution in [0.4, 0.5) is 5.69 Å². The van der Waals surface area contributed by atoms with Gasteiger partial charge in [0, 0.05) is 44.4 Å². The van der Waals surface area contributed by atoms with Crippen molar-refractivity contribution in [1.29, 1.82) is 0 Å². The molecule has 0 atom stereocenters. The van der Waals surface area contributed by atoms with Crippen molar-refractivity contribution in [1.82, 2.24) is 9.21 Å². The van der Waals surface area contributed by atoms with Gasteiger partial charge in [-0.15, -0.1) is 0 Å². The van der Waals surface area contributed by atoms with Gasteiger partial charge in [0.15, 0.2) is 16.4 Å². The zero-order valence-electron chi connectivity index (χ0n) is 20.3. The van der Waals surface area contributed by atoms with Crippen molar-refractivity contribution in [3.05, 3.63) is 52.1 Å². The third kappa shape index (κ3) is 7.05. The lowest BCUT2D eigenvalue weighted by molar-refractivity contribution is -0.387. The fraction of sp³-hybridized carbons (Fsp3) is 0.364. The molecule has 0 radical (unpaired) electrons. The molecule has 0 spiro atoms. The van der Waals surface area contributed by atoms with Gasteiger partial charge in [0.1, 0.15) is 0 Å². The van der Waals surface area contributed by atoms with Crippen molar-refractivity contribution >= 4 is 27.6 Å². The molecule has 0 aromatic heterocycles. The molecule has 2 aromatic rings. The first-order chi connectivity index (χ1) is 17.5. The van der Waals surface area contributed by atoms with Crippen LogP contribution in [0.2, 0.25) is 0 Å². The normalized spacial score (nSPS) is 14.1. The van der Waals surface area contributed by atoms with Crippen LogP contribution in [-0.4, -0.2) is 92.2 Å². The predicted molar refractivity (Wildman–Crippen MR) is 129 cm³/mol. The van der Waals surface area contributed by atoms with Gasteiger partial charge in [0.2, 0.25) is 15.8 Å². The molecular formula is C22H27N3O11S.